The number of hydrogen-bond acceptors (Lipinski definition) is 5. The lowest BCUT2D eigenvalue weighted by atomic mass is 9.96. The van der Waals surface area contributed by atoms with Crippen LogP contribution in [0.3, 0.4) is 0 Å². The predicted molar refractivity (Wildman–Crippen MR) is 100 cm³/mol. The minimum atomic E-state index is -3.95. The lowest BCUT2D eigenvalue weighted by Crippen LogP contribution is -2.18. The lowest BCUT2D eigenvalue weighted by Gasteiger charge is -2.16. The fourth-order valence-corrected chi connectivity index (χ4v) is 5.30. The molecule has 0 saturated heterocycles. The second-order valence-electron chi connectivity index (χ2n) is 6.04. The first kappa shape index (κ1) is 18.8. The standard InChI is InChI=1S/C15H18Cl2N4O2S2/c1-21-15(19-9-5-3-2-4-6-9)24-14(20-21)10-7-13(25(18,22)23)12(17)8-11(10)16/h7-9H,2-6H2,1H3,(H2,18,22,23)/b19-15+. The molecule has 0 amide bonds. The number of aryl methyl sites for hydroxylation is 1. The van der Waals surface area contributed by atoms with Gasteiger partial charge in [0.25, 0.3) is 0 Å². The molecule has 0 spiro atoms. The molecule has 10 heteroatoms. The van der Waals surface area contributed by atoms with E-state index in [2.05, 4.69) is 5.10 Å². The van der Waals surface area contributed by atoms with Crippen LogP contribution in [-0.4, -0.2) is 24.2 Å². The quantitative estimate of drug-likeness (QED) is 0.824. The number of nitrogens with zero attached hydrogens (tertiary/aromatic N) is 3. The Morgan fingerprint density at radius 3 is 2.56 bits per heavy atom. The summed E-state index contributed by atoms with van der Waals surface area (Å²) < 4.78 is 25.1. The summed E-state index contributed by atoms with van der Waals surface area (Å²) in [5.74, 6) is 0. The maximum atomic E-state index is 11.7. The number of halogens is 2. The average Bonchev–Trinajstić information content (AvgIpc) is 2.87. The smallest absolute Gasteiger partial charge is 0.239 e. The number of nitrogens with two attached hydrogens (primary N) is 1. The van der Waals surface area contributed by atoms with Crippen molar-refractivity contribution < 1.29 is 8.42 Å². The van der Waals surface area contributed by atoms with E-state index in [0.717, 1.165) is 17.6 Å². The maximum Gasteiger partial charge on any atom is 0.239 e. The Morgan fingerprint density at radius 2 is 1.92 bits per heavy atom. The third kappa shape index (κ3) is 4.25. The van der Waals surface area contributed by atoms with Crippen molar-refractivity contribution in [1.82, 2.24) is 9.78 Å². The predicted octanol–water partition coefficient (Wildman–Crippen LogP) is 3.34. The zero-order chi connectivity index (χ0) is 18.2. The van der Waals surface area contributed by atoms with Crippen molar-refractivity contribution in [2.24, 2.45) is 17.2 Å². The average molecular weight is 421 g/mol. The molecule has 2 N–H and O–H groups in total. The van der Waals surface area contributed by atoms with Crippen LogP contribution in [0.15, 0.2) is 22.0 Å². The van der Waals surface area contributed by atoms with E-state index in [1.165, 1.54) is 42.7 Å². The molecule has 1 aromatic carbocycles. The van der Waals surface area contributed by atoms with E-state index >= 15 is 0 Å². The van der Waals surface area contributed by atoms with Crippen LogP contribution < -0.4 is 9.94 Å². The van der Waals surface area contributed by atoms with Gasteiger partial charge in [-0.2, -0.15) is 5.10 Å². The van der Waals surface area contributed by atoms with Crippen LogP contribution in [0.1, 0.15) is 32.1 Å². The Kier molecular flexibility index (Phi) is 5.55. The van der Waals surface area contributed by atoms with Crippen molar-refractivity contribution in [2.75, 3.05) is 0 Å². The Morgan fingerprint density at radius 1 is 1.24 bits per heavy atom. The number of primary sulfonamides is 1. The van der Waals surface area contributed by atoms with Crippen LogP contribution in [0.25, 0.3) is 10.6 Å². The molecule has 136 valence electrons. The second kappa shape index (κ2) is 7.36. The Balaban J connectivity index is 2.06. The molecule has 1 aromatic heterocycles. The summed E-state index contributed by atoms with van der Waals surface area (Å²) in [6, 6.07) is 3.05. The molecule has 0 aliphatic heterocycles. The molecule has 1 heterocycles. The summed E-state index contributed by atoms with van der Waals surface area (Å²) in [4.78, 5) is 5.40. The summed E-state index contributed by atoms with van der Waals surface area (Å²) in [5.41, 5.74) is 0.473. The highest BCUT2D eigenvalue weighted by Gasteiger charge is 2.19. The van der Waals surface area contributed by atoms with E-state index in [1.807, 2.05) is 7.05 Å². The third-order valence-electron chi connectivity index (χ3n) is 4.13. The van der Waals surface area contributed by atoms with Crippen LogP contribution in [0.2, 0.25) is 10.0 Å². The van der Waals surface area contributed by atoms with Gasteiger partial charge in [0, 0.05) is 12.6 Å². The molecule has 2 aromatic rings. The molecule has 0 atom stereocenters. The number of rotatable bonds is 3. The summed E-state index contributed by atoms with van der Waals surface area (Å²) >= 11 is 13.6. The first-order valence-corrected chi connectivity index (χ1v) is 11.0. The van der Waals surface area contributed by atoms with Crippen molar-refractivity contribution in [3.63, 3.8) is 0 Å². The SMILES string of the molecule is Cn1nc(-c2cc(S(N)(=O)=O)c(Cl)cc2Cl)s/c1=N/C1CCCCC1. The van der Waals surface area contributed by atoms with E-state index in [4.69, 9.17) is 33.3 Å². The molecule has 25 heavy (non-hydrogen) atoms. The van der Waals surface area contributed by atoms with E-state index in [1.54, 1.807) is 4.68 Å². The van der Waals surface area contributed by atoms with Gasteiger partial charge in [-0.1, -0.05) is 53.8 Å². The van der Waals surface area contributed by atoms with Gasteiger partial charge in [-0.05, 0) is 25.0 Å². The van der Waals surface area contributed by atoms with Gasteiger partial charge in [0.2, 0.25) is 14.8 Å². The summed E-state index contributed by atoms with van der Waals surface area (Å²) in [6.45, 7) is 0. The van der Waals surface area contributed by atoms with E-state index in [0.29, 0.717) is 21.6 Å². The molecule has 0 unspecified atom stereocenters. The molecule has 3 rings (SSSR count). The highest BCUT2D eigenvalue weighted by Crippen LogP contribution is 2.34. The van der Waals surface area contributed by atoms with Crippen molar-refractivity contribution in [3.8, 4) is 10.6 Å². The molecule has 6 nitrogen and oxygen atoms in total. The lowest BCUT2D eigenvalue weighted by molar-refractivity contribution is 0.434. The molecular weight excluding hydrogens is 403 g/mol. The van der Waals surface area contributed by atoms with Gasteiger partial charge in [-0.25, -0.2) is 18.2 Å². The molecule has 1 fully saturated rings. The van der Waals surface area contributed by atoms with Crippen LogP contribution in [0.5, 0.6) is 0 Å². The molecule has 1 aliphatic rings. The van der Waals surface area contributed by atoms with E-state index in [9.17, 15) is 8.42 Å². The number of sulfonamides is 1. The zero-order valence-electron chi connectivity index (χ0n) is 13.6. The van der Waals surface area contributed by atoms with E-state index < -0.39 is 10.0 Å². The number of aromatic nitrogens is 2. The van der Waals surface area contributed by atoms with Crippen molar-refractivity contribution in [1.29, 1.82) is 0 Å². The topological polar surface area (TPSA) is 90.3 Å². The number of hydrogen-bond donors (Lipinski definition) is 1. The van der Waals surface area contributed by atoms with Gasteiger partial charge in [-0.3, -0.25) is 4.99 Å². The minimum absolute atomic E-state index is 0.00991. The zero-order valence-corrected chi connectivity index (χ0v) is 16.7. The summed E-state index contributed by atoms with van der Waals surface area (Å²) in [5, 5.41) is 10.5. The normalized spacial score (nSPS) is 17.2. The molecular formula is C15H18Cl2N4O2S2. The van der Waals surface area contributed by atoms with Crippen molar-refractivity contribution >= 4 is 44.6 Å². The Hall–Kier alpha value is -0.930. The van der Waals surface area contributed by atoms with Gasteiger partial charge in [0.15, 0.2) is 0 Å². The molecule has 1 saturated carbocycles. The van der Waals surface area contributed by atoms with Crippen LogP contribution in [-0.2, 0) is 17.1 Å². The second-order valence-corrected chi connectivity index (χ2v) is 9.34. The van der Waals surface area contributed by atoms with Gasteiger partial charge >= 0.3 is 0 Å². The summed E-state index contributed by atoms with van der Waals surface area (Å²) in [6.07, 6.45) is 5.84. The third-order valence-corrected chi connectivity index (χ3v) is 6.87. The largest absolute Gasteiger partial charge is 0.254 e. The van der Waals surface area contributed by atoms with Crippen LogP contribution >= 0.6 is 34.5 Å². The van der Waals surface area contributed by atoms with Crippen LogP contribution in [0, 0.1) is 0 Å². The Labute approximate surface area is 160 Å². The summed E-state index contributed by atoms with van der Waals surface area (Å²) in [7, 11) is -2.14. The van der Waals surface area contributed by atoms with E-state index in [-0.39, 0.29) is 9.92 Å². The highest BCUT2D eigenvalue weighted by molar-refractivity contribution is 7.89. The van der Waals surface area contributed by atoms with Crippen LogP contribution in [0.4, 0.5) is 0 Å². The van der Waals surface area contributed by atoms with Gasteiger partial charge < -0.3 is 0 Å². The van der Waals surface area contributed by atoms with Crippen molar-refractivity contribution in [2.45, 2.75) is 43.0 Å². The fraction of sp³-hybridized carbons (Fsp3) is 0.467. The molecule has 0 radical (unpaired) electrons. The fourth-order valence-electron chi connectivity index (χ4n) is 2.85. The first-order chi connectivity index (χ1) is 11.8. The first-order valence-electron chi connectivity index (χ1n) is 7.86. The van der Waals surface area contributed by atoms with Gasteiger partial charge in [-0.15, -0.1) is 0 Å². The highest BCUT2D eigenvalue weighted by atomic mass is 35.5. The minimum Gasteiger partial charge on any atom is -0.254 e. The maximum absolute atomic E-state index is 11.7. The molecule has 0 bridgehead atoms. The van der Waals surface area contributed by atoms with Gasteiger partial charge in [0.05, 0.1) is 16.1 Å². The number of benzene rings is 1. The monoisotopic (exact) mass is 420 g/mol. The van der Waals surface area contributed by atoms with Crippen molar-refractivity contribution in [3.05, 3.63) is 27.0 Å². The molecule has 1 aliphatic carbocycles. The Bertz CT molecular complexity index is 960. The van der Waals surface area contributed by atoms with Gasteiger partial charge in [0.1, 0.15) is 9.90 Å².